The lowest BCUT2D eigenvalue weighted by Crippen LogP contribution is -2.42. The van der Waals surface area contributed by atoms with Crippen molar-refractivity contribution in [3.63, 3.8) is 0 Å². The van der Waals surface area contributed by atoms with Gasteiger partial charge in [-0.25, -0.2) is 0 Å². The summed E-state index contributed by atoms with van der Waals surface area (Å²) in [5, 5.41) is 0. The Kier molecular flexibility index (Phi) is 8.15. The number of unbranched alkanes of at least 4 members (excludes halogenated alkanes) is 1. The molecule has 0 radical (unpaired) electrons. The fourth-order valence-corrected chi connectivity index (χ4v) is 3.83. The highest BCUT2D eigenvalue weighted by atomic mass is 28.4. The minimum atomic E-state index is -2.49. The fourth-order valence-electron chi connectivity index (χ4n) is 2.03. The number of allylic oxidation sites excluding steroid dienone is 1. The van der Waals surface area contributed by atoms with Crippen molar-refractivity contribution in [2.45, 2.75) is 25.3 Å². The van der Waals surface area contributed by atoms with Gasteiger partial charge in [-0.3, -0.25) is 4.79 Å². The van der Waals surface area contributed by atoms with Gasteiger partial charge in [0, 0.05) is 33.8 Å². The number of hydrogen-bond donors (Lipinski definition) is 0. The van der Waals surface area contributed by atoms with Crippen LogP contribution in [0.4, 0.5) is 0 Å². The Labute approximate surface area is 128 Å². The predicted octanol–water partition coefficient (Wildman–Crippen LogP) is 3.32. The van der Waals surface area contributed by atoms with Crippen LogP contribution in [0.15, 0.2) is 36.4 Å². The van der Waals surface area contributed by atoms with Gasteiger partial charge in [0.1, 0.15) is 0 Å². The van der Waals surface area contributed by atoms with Gasteiger partial charge in [0.2, 0.25) is 0 Å². The van der Waals surface area contributed by atoms with Gasteiger partial charge in [-0.1, -0.05) is 36.4 Å². The van der Waals surface area contributed by atoms with Crippen LogP contribution in [0.2, 0.25) is 6.04 Å². The van der Waals surface area contributed by atoms with Crippen LogP contribution >= 0.6 is 0 Å². The van der Waals surface area contributed by atoms with Gasteiger partial charge in [-0.05, 0) is 24.5 Å². The van der Waals surface area contributed by atoms with Gasteiger partial charge >= 0.3 is 8.80 Å². The second-order valence-corrected chi connectivity index (χ2v) is 7.80. The maximum Gasteiger partial charge on any atom is 0.500 e. The summed E-state index contributed by atoms with van der Waals surface area (Å²) in [6.45, 7) is 0. The third-order valence-corrected chi connectivity index (χ3v) is 6.18. The third kappa shape index (κ3) is 6.35. The van der Waals surface area contributed by atoms with Crippen LogP contribution < -0.4 is 0 Å². The van der Waals surface area contributed by atoms with E-state index in [1.165, 1.54) is 0 Å². The second kappa shape index (κ2) is 9.62. The Morgan fingerprint density at radius 1 is 1.05 bits per heavy atom. The van der Waals surface area contributed by atoms with Crippen LogP contribution in [0.5, 0.6) is 0 Å². The molecule has 0 saturated carbocycles. The molecule has 5 heteroatoms. The average Bonchev–Trinajstić information content (AvgIpc) is 2.55. The van der Waals surface area contributed by atoms with Gasteiger partial charge in [0.15, 0.2) is 5.78 Å². The molecule has 1 aromatic carbocycles. The molecule has 4 nitrogen and oxygen atoms in total. The number of carbonyl (C=O) groups is 1. The van der Waals surface area contributed by atoms with Crippen molar-refractivity contribution >= 4 is 20.7 Å². The third-order valence-electron chi connectivity index (χ3n) is 3.35. The molecule has 0 bridgehead atoms. The molecule has 0 fully saturated rings. The summed E-state index contributed by atoms with van der Waals surface area (Å²) in [4.78, 5) is 11.8. The van der Waals surface area contributed by atoms with E-state index in [2.05, 4.69) is 0 Å². The first-order valence-corrected chi connectivity index (χ1v) is 9.00. The van der Waals surface area contributed by atoms with Crippen LogP contribution in [-0.2, 0) is 18.1 Å². The molecule has 0 amide bonds. The van der Waals surface area contributed by atoms with E-state index in [0.717, 1.165) is 24.4 Å². The van der Waals surface area contributed by atoms with Gasteiger partial charge in [0.05, 0.1) is 0 Å². The molecule has 0 aromatic heterocycles. The Balaban J connectivity index is 2.29. The van der Waals surface area contributed by atoms with Crippen LogP contribution in [-0.4, -0.2) is 35.9 Å². The molecular weight excluding hydrogens is 284 g/mol. The Morgan fingerprint density at radius 2 is 1.67 bits per heavy atom. The second-order valence-electron chi connectivity index (χ2n) is 4.71. The Bertz CT molecular complexity index is 433. The molecule has 0 aliphatic heterocycles. The van der Waals surface area contributed by atoms with Crippen LogP contribution in [0.1, 0.15) is 24.8 Å². The summed E-state index contributed by atoms with van der Waals surface area (Å²) in [7, 11) is 2.32. The molecule has 0 aliphatic carbocycles. The maximum absolute atomic E-state index is 11.8. The van der Waals surface area contributed by atoms with E-state index in [0.29, 0.717) is 6.42 Å². The first-order chi connectivity index (χ1) is 10.2. The van der Waals surface area contributed by atoms with Crippen molar-refractivity contribution < 1.29 is 18.1 Å². The molecule has 0 saturated heterocycles. The lowest BCUT2D eigenvalue weighted by atomic mass is 10.1. The zero-order chi connectivity index (χ0) is 15.6. The summed E-state index contributed by atoms with van der Waals surface area (Å²) >= 11 is 0. The van der Waals surface area contributed by atoms with Crippen molar-refractivity contribution in [3.8, 4) is 0 Å². The number of benzene rings is 1. The van der Waals surface area contributed by atoms with Crippen molar-refractivity contribution in [3.05, 3.63) is 42.0 Å². The topological polar surface area (TPSA) is 44.8 Å². The summed E-state index contributed by atoms with van der Waals surface area (Å²) in [5.41, 5.74) is 1.04. The molecule has 1 aromatic rings. The Morgan fingerprint density at radius 3 is 2.24 bits per heavy atom. The largest absolute Gasteiger partial charge is 0.500 e. The molecule has 0 aliphatic rings. The molecule has 0 spiro atoms. The molecule has 1 rings (SSSR count). The first-order valence-electron chi connectivity index (χ1n) is 7.07. The minimum Gasteiger partial charge on any atom is -0.377 e. The highest BCUT2D eigenvalue weighted by Crippen LogP contribution is 2.17. The quantitative estimate of drug-likeness (QED) is 0.378. The van der Waals surface area contributed by atoms with E-state index in [9.17, 15) is 4.79 Å². The molecule has 0 unspecified atom stereocenters. The van der Waals surface area contributed by atoms with E-state index in [1.54, 1.807) is 27.4 Å². The number of ketones is 1. The highest BCUT2D eigenvalue weighted by Gasteiger charge is 2.36. The SMILES string of the molecule is CO[Si](CCCCC(=O)/C=C/c1ccccc1)(OC)OC. The lowest BCUT2D eigenvalue weighted by Gasteiger charge is -2.24. The van der Waals surface area contributed by atoms with E-state index in [1.807, 2.05) is 36.4 Å². The number of hydrogen-bond acceptors (Lipinski definition) is 4. The van der Waals surface area contributed by atoms with Crippen molar-refractivity contribution in [2.24, 2.45) is 0 Å². The van der Waals surface area contributed by atoms with Crippen LogP contribution in [0, 0.1) is 0 Å². The summed E-state index contributed by atoms with van der Waals surface area (Å²) in [5.74, 6) is 0.137. The van der Waals surface area contributed by atoms with Crippen LogP contribution in [0.25, 0.3) is 6.08 Å². The normalized spacial score (nSPS) is 12.0. The van der Waals surface area contributed by atoms with Gasteiger partial charge in [-0.2, -0.15) is 0 Å². The molecule has 0 atom stereocenters. The smallest absolute Gasteiger partial charge is 0.377 e. The summed E-state index contributed by atoms with van der Waals surface area (Å²) in [6, 6.07) is 10.5. The van der Waals surface area contributed by atoms with E-state index < -0.39 is 8.80 Å². The van der Waals surface area contributed by atoms with E-state index in [4.69, 9.17) is 13.3 Å². The first kappa shape index (κ1) is 17.8. The summed E-state index contributed by atoms with van der Waals surface area (Å²) < 4.78 is 16.0. The maximum atomic E-state index is 11.8. The van der Waals surface area contributed by atoms with Gasteiger partial charge in [-0.15, -0.1) is 0 Å². The number of rotatable bonds is 10. The Hall–Kier alpha value is -1.27. The lowest BCUT2D eigenvalue weighted by molar-refractivity contribution is -0.114. The average molecular weight is 308 g/mol. The van der Waals surface area contributed by atoms with E-state index >= 15 is 0 Å². The monoisotopic (exact) mass is 308 g/mol. The van der Waals surface area contributed by atoms with Crippen LogP contribution in [0.3, 0.4) is 0 Å². The molecule has 0 heterocycles. The zero-order valence-corrected chi connectivity index (χ0v) is 14.0. The highest BCUT2D eigenvalue weighted by molar-refractivity contribution is 6.60. The summed E-state index contributed by atoms with van der Waals surface area (Å²) in [6.07, 6.45) is 5.68. The van der Waals surface area contributed by atoms with E-state index in [-0.39, 0.29) is 5.78 Å². The van der Waals surface area contributed by atoms with Crippen molar-refractivity contribution in [1.29, 1.82) is 0 Å². The standard InChI is InChI=1S/C16H24O4Si/c1-18-21(19-2,20-3)14-8-7-11-16(17)13-12-15-9-5-4-6-10-15/h4-6,9-10,12-13H,7-8,11,14H2,1-3H3/b13-12+. The molecular formula is C16H24O4Si. The predicted molar refractivity (Wildman–Crippen MR) is 85.9 cm³/mol. The van der Waals surface area contributed by atoms with Gasteiger partial charge in [0.25, 0.3) is 0 Å². The fraction of sp³-hybridized carbons (Fsp3) is 0.438. The molecule has 0 N–H and O–H groups in total. The van der Waals surface area contributed by atoms with Crippen molar-refractivity contribution in [1.82, 2.24) is 0 Å². The zero-order valence-electron chi connectivity index (χ0n) is 13.0. The molecule has 21 heavy (non-hydrogen) atoms. The minimum absolute atomic E-state index is 0.137. The van der Waals surface area contributed by atoms with Gasteiger partial charge < -0.3 is 13.3 Å². The number of carbonyl (C=O) groups excluding carboxylic acids is 1. The molecule has 116 valence electrons. The van der Waals surface area contributed by atoms with Crippen molar-refractivity contribution in [2.75, 3.05) is 21.3 Å².